The maximum Gasteiger partial charge on any atom is 0.398 e. The van der Waals surface area contributed by atoms with Gasteiger partial charge in [0.05, 0.1) is 0 Å². The van der Waals surface area contributed by atoms with Gasteiger partial charge in [0.2, 0.25) is 0 Å². The molecule has 1 atom stereocenters. The first-order chi connectivity index (χ1) is 6.90. The Morgan fingerprint density at radius 2 is 1.93 bits per heavy atom. The molecule has 0 aromatic heterocycles. The average Bonchev–Trinajstić information content (AvgIpc) is 2.14. The molecule has 0 aliphatic rings. The highest BCUT2D eigenvalue weighted by molar-refractivity contribution is 7.80. The molecule has 0 spiro atoms. The number of hydrogen-bond donors (Lipinski definition) is 1. The van der Waals surface area contributed by atoms with E-state index in [2.05, 4.69) is 10.8 Å². The molecule has 1 rings (SSSR count). The van der Waals surface area contributed by atoms with Crippen molar-refractivity contribution in [2.45, 2.75) is 13.0 Å². The van der Waals surface area contributed by atoms with Crippen LogP contribution in [0.5, 0.6) is 0 Å². The lowest BCUT2D eigenvalue weighted by atomic mass is 10.0. The Morgan fingerprint density at radius 1 is 1.40 bits per heavy atom. The molecule has 1 aromatic rings. The van der Waals surface area contributed by atoms with Crippen LogP contribution in [0.3, 0.4) is 0 Å². The Bertz CT molecular complexity index is 436. The summed E-state index contributed by atoms with van der Waals surface area (Å²) in [5.74, 6) is 0. The van der Waals surface area contributed by atoms with E-state index in [-0.39, 0.29) is 0 Å². The van der Waals surface area contributed by atoms with Crippen LogP contribution in [0.25, 0.3) is 0 Å². The van der Waals surface area contributed by atoms with Crippen LogP contribution in [0.1, 0.15) is 18.6 Å². The zero-order valence-corrected chi connectivity index (χ0v) is 9.07. The second kappa shape index (κ2) is 4.57. The van der Waals surface area contributed by atoms with Gasteiger partial charge in [-0.05, 0) is 18.1 Å². The average molecular weight is 228 g/mol. The quantitative estimate of drug-likeness (QED) is 0.633. The van der Waals surface area contributed by atoms with Crippen molar-refractivity contribution in [1.29, 1.82) is 0 Å². The predicted octanol–water partition coefficient (Wildman–Crippen LogP) is 2.12. The monoisotopic (exact) mass is 228 g/mol. The molecule has 0 radical (unpaired) electrons. The topological polar surface area (TPSA) is 63.6 Å². The highest BCUT2D eigenvalue weighted by Crippen LogP contribution is 2.25. The third-order valence-corrected chi connectivity index (χ3v) is 2.20. The number of rotatable bonds is 4. The molecule has 1 unspecified atom stereocenters. The van der Waals surface area contributed by atoms with Gasteiger partial charge in [-0.15, -0.1) is 0 Å². The summed E-state index contributed by atoms with van der Waals surface area (Å²) in [7, 11) is -4.48. The summed E-state index contributed by atoms with van der Waals surface area (Å²) in [6.07, 6.45) is -0.846. The van der Waals surface area contributed by atoms with E-state index < -0.39 is 16.5 Å². The third-order valence-electron chi connectivity index (χ3n) is 1.77. The summed E-state index contributed by atoms with van der Waals surface area (Å²) >= 11 is 0. The second-order valence-electron chi connectivity index (χ2n) is 3.16. The fourth-order valence-electron chi connectivity index (χ4n) is 1.17. The van der Waals surface area contributed by atoms with Gasteiger partial charge in [0.15, 0.2) is 0 Å². The lowest BCUT2D eigenvalue weighted by Gasteiger charge is -2.15. The van der Waals surface area contributed by atoms with E-state index in [4.69, 9.17) is 4.55 Å². The molecule has 0 saturated heterocycles. The summed E-state index contributed by atoms with van der Waals surface area (Å²) < 4.78 is 34.3. The summed E-state index contributed by atoms with van der Waals surface area (Å²) in [6, 6.07) is 8.69. The van der Waals surface area contributed by atoms with Crippen LogP contribution in [0.15, 0.2) is 42.5 Å². The zero-order valence-electron chi connectivity index (χ0n) is 8.25. The predicted molar refractivity (Wildman–Crippen MR) is 56.6 cm³/mol. The summed E-state index contributed by atoms with van der Waals surface area (Å²) in [5, 5.41) is 0. The molecule has 82 valence electrons. The van der Waals surface area contributed by atoms with E-state index in [1.807, 2.05) is 0 Å². The maximum atomic E-state index is 10.6. The Balaban J connectivity index is 3.00. The Kier molecular flexibility index (Phi) is 3.62. The minimum absolute atomic E-state index is 0.499. The molecule has 0 saturated carbocycles. The van der Waals surface area contributed by atoms with E-state index in [1.54, 1.807) is 37.3 Å². The Hall–Kier alpha value is -1.17. The minimum atomic E-state index is -4.48. The van der Waals surface area contributed by atoms with Crippen molar-refractivity contribution in [1.82, 2.24) is 0 Å². The van der Waals surface area contributed by atoms with Crippen molar-refractivity contribution in [2.24, 2.45) is 0 Å². The first kappa shape index (κ1) is 11.9. The first-order valence-electron chi connectivity index (χ1n) is 4.26. The van der Waals surface area contributed by atoms with Gasteiger partial charge in [0.1, 0.15) is 6.10 Å². The minimum Gasteiger partial charge on any atom is -0.264 e. The van der Waals surface area contributed by atoms with E-state index in [9.17, 15) is 8.42 Å². The second-order valence-corrected chi connectivity index (χ2v) is 4.21. The molecular weight excluding hydrogens is 216 g/mol. The standard InChI is InChI=1S/C10H12O4S/c1-8(2)10(14-15(11,12)13)9-6-4-3-5-7-9/h3-7,10H,1H2,2H3,(H,11,12,13). The molecule has 0 aliphatic heterocycles. The summed E-state index contributed by atoms with van der Waals surface area (Å²) in [4.78, 5) is 0. The van der Waals surface area contributed by atoms with Gasteiger partial charge in [-0.25, -0.2) is 4.18 Å². The van der Waals surface area contributed by atoms with Crippen molar-refractivity contribution in [3.8, 4) is 0 Å². The van der Waals surface area contributed by atoms with E-state index in [0.717, 1.165) is 0 Å². The molecule has 0 amide bonds. The van der Waals surface area contributed by atoms with E-state index >= 15 is 0 Å². The van der Waals surface area contributed by atoms with Crippen LogP contribution in [0.4, 0.5) is 0 Å². The highest BCUT2D eigenvalue weighted by atomic mass is 32.3. The van der Waals surface area contributed by atoms with Crippen LogP contribution in [-0.4, -0.2) is 13.0 Å². The number of hydrogen-bond acceptors (Lipinski definition) is 3. The van der Waals surface area contributed by atoms with Crippen molar-refractivity contribution in [3.05, 3.63) is 48.0 Å². The van der Waals surface area contributed by atoms with Gasteiger partial charge in [-0.3, -0.25) is 4.55 Å². The molecule has 0 aliphatic carbocycles. The summed E-state index contributed by atoms with van der Waals surface area (Å²) in [5.41, 5.74) is 1.13. The molecule has 0 bridgehead atoms. The molecule has 1 aromatic carbocycles. The first-order valence-corrected chi connectivity index (χ1v) is 5.63. The van der Waals surface area contributed by atoms with Gasteiger partial charge in [0.25, 0.3) is 0 Å². The number of benzene rings is 1. The fraction of sp³-hybridized carbons (Fsp3) is 0.200. The van der Waals surface area contributed by atoms with Crippen LogP contribution in [0, 0.1) is 0 Å². The largest absolute Gasteiger partial charge is 0.398 e. The van der Waals surface area contributed by atoms with Gasteiger partial charge in [-0.2, -0.15) is 8.42 Å². The smallest absolute Gasteiger partial charge is 0.264 e. The molecule has 0 fully saturated rings. The van der Waals surface area contributed by atoms with Crippen molar-refractivity contribution >= 4 is 10.4 Å². The van der Waals surface area contributed by atoms with Crippen LogP contribution >= 0.6 is 0 Å². The third kappa shape index (κ3) is 3.83. The van der Waals surface area contributed by atoms with Gasteiger partial charge >= 0.3 is 10.4 Å². The van der Waals surface area contributed by atoms with Crippen LogP contribution < -0.4 is 0 Å². The summed E-state index contributed by atoms with van der Waals surface area (Å²) in [6.45, 7) is 5.24. The van der Waals surface area contributed by atoms with Crippen molar-refractivity contribution < 1.29 is 17.2 Å². The Morgan fingerprint density at radius 3 is 2.33 bits per heavy atom. The molecule has 15 heavy (non-hydrogen) atoms. The van der Waals surface area contributed by atoms with Crippen molar-refractivity contribution in [3.63, 3.8) is 0 Å². The lowest BCUT2D eigenvalue weighted by molar-refractivity contribution is 0.213. The van der Waals surface area contributed by atoms with E-state index in [0.29, 0.717) is 11.1 Å². The van der Waals surface area contributed by atoms with Crippen LogP contribution in [-0.2, 0) is 14.6 Å². The molecule has 5 heteroatoms. The fourth-order valence-corrected chi connectivity index (χ4v) is 1.69. The maximum absolute atomic E-state index is 10.6. The van der Waals surface area contributed by atoms with Gasteiger partial charge < -0.3 is 0 Å². The lowest BCUT2D eigenvalue weighted by Crippen LogP contribution is -2.11. The van der Waals surface area contributed by atoms with Gasteiger partial charge in [0, 0.05) is 0 Å². The molecular formula is C10H12O4S. The van der Waals surface area contributed by atoms with Crippen molar-refractivity contribution in [2.75, 3.05) is 0 Å². The normalized spacial score (nSPS) is 13.5. The van der Waals surface area contributed by atoms with Crippen LogP contribution in [0.2, 0.25) is 0 Å². The highest BCUT2D eigenvalue weighted by Gasteiger charge is 2.19. The van der Waals surface area contributed by atoms with Gasteiger partial charge in [-0.1, -0.05) is 36.9 Å². The molecule has 4 nitrogen and oxygen atoms in total. The van der Waals surface area contributed by atoms with E-state index in [1.165, 1.54) is 0 Å². The molecule has 0 heterocycles. The molecule has 1 N–H and O–H groups in total. The zero-order chi connectivity index (χ0) is 11.5. The SMILES string of the molecule is C=C(C)C(OS(=O)(=O)O)c1ccccc1. The Labute approximate surface area is 89.2 Å².